The number of pyridine rings is 2. The van der Waals surface area contributed by atoms with Crippen molar-refractivity contribution in [2.24, 2.45) is 0 Å². The summed E-state index contributed by atoms with van der Waals surface area (Å²) in [5.74, 6) is -0.455. The molecule has 34 heavy (non-hydrogen) atoms. The van der Waals surface area contributed by atoms with Crippen LogP contribution in [0.15, 0.2) is 57.8 Å². The van der Waals surface area contributed by atoms with Crippen LogP contribution in [0.5, 0.6) is 0 Å². The smallest absolute Gasteiger partial charge is 0.334 e. The molecule has 0 saturated carbocycles. The van der Waals surface area contributed by atoms with Crippen LogP contribution in [0, 0.1) is 12.7 Å². The van der Waals surface area contributed by atoms with Crippen molar-refractivity contribution in [3.05, 3.63) is 74.9 Å². The zero-order chi connectivity index (χ0) is 24.6. The van der Waals surface area contributed by atoms with Crippen LogP contribution in [0.3, 0.4) is 0 Å². The number of nitrogens with one attached hydrogen (secondary N) is 3. The van der Waals surface area contributed by atoms with E-state index in [1.165, 1.54) is 35.2 Å². The number of rotatable bonds is 5. The first-order chi connectivity index (χ1) is 16.1. The van der Waals surface area contributed by atoms with Crippen LogP contribution < -0.4 is 20.9 Å². The number of halogens is 2. The van der Waals surface area contributed by atoms with Crippen LogP contribution >= 0.6 is 22.9 Å². The van der Waals surface area contributed by atoms with Gasteiger partial charge >= 0.3 is 6.03 Å². The van der Waals surface area contributed by atoms with Gasteiger partial charge in [0.1, 0.15) is 15.8 Å². The van der Waals surface area contributed by atoms with Crippen LogP contribution in [0.1, 0.15) is 5.56 Å². The standard InChI is InChI=1S/C21H17ClFN5O4S2/c1-11-7-13(28-6-5-12-8-16(24-2)15(23)9-14(12)20(28)29)10-25-19(11)26-21(30)27-34(31,32)18-4-3-17(22)33-18/h3-10,24H,1-2H3,(H2,25,26,27,30). The molecule has 9 nitrogen and oxygen atoms in total. The van der Waals surface area contributed by atoms with Gasteiger partial charge in [-0.1, -0.05) is 11.6 Å². The first-order valence-corrected chi connectivity index (χ1v) is 12.4. The number of hydrogen-bond donors (Lipinski definition) is 3. The predicted molar refractivity (Wildman–Crippen MR) is 130 cm³/mol. The molecule has 0 radical (unpaired) electrons. The fourth-order valence-corrected chi connectivity index (χ4v) is 5.62. The average molecular weight is 522 g/mol. The van der Waals surface area contributed by atoms with Gasteiger partial charge in [-0.2, -0.15) is 0 Å². The van der Waals surface area contributed by atoms with E-state index in [2.05, 4.69) is 15.6 Å². The molecule has 0 fully saturated rings. The predicted octanol–water partition coefficient (Wildman–Crippen LogP) is 4.10. The Hall–Kier alpha value is -3.48. The van der Waals surface area contributed by atoms with E-state index in [4.69, 9.17) is 11.6 Å². The summed E-state index contributed by atoms with van der Waals surface area (Å²) in [5.41, 5.74) is 0.682. The number of benzene rings is 1. The number of aromatic nitrogens is 2. The largest absolute Gasteiger partial charge is 0.386 e. The molecule has 4 aromatic rings. The lowest BCUT2D eigenvalue weighted by Gasteiger charge is -2.12. The number of anilines is 2. The summed E-state index contributed by atoms with van der Waals surface area (Å²) >= 11 is 6.56. The lowest BCUT2D eigenvalue weighted by molar-refractivity contribution is 0.256. The molecule has 0 saturated heterocycles. The van der Waals surface area contributed by atoms with E-state index in [1.807, 2.05) is 4.72 Å². The first kappa shape index (κ1) is 23.7. The number of sulfonamides is 1. The summed E-state index contributed by atoms with van der Waals surface area (Å²) in [6.07, 6.45) is 2.87. The fraction of sp³-hybridized carbons (Fsp3) is 0.0952. The maximum atomic E-state index is 14.2. The van der Waals surface area contributed by atoms with Crippen molar-refractivity contribution in [3.8, 4) is 5.69 Å². The van der Waals surface area contributed by atoms with Crippen molar-refractivity contribution < 1.29 is 17.6 Å². The molecule has 3 aromatic heterocycles. The van der Waals surface area contributed by atoms with Crippen molar-refractivity contribution in [1.82, 2.24) is 14.3 Å². The number of nitrogens with zero attached hydrogens (tertiary/aromatic N) is 2. The minimum atomic E-state index is -4.09. The number of carbonyl (C=O) groups is 1. The maximum Gasteiger partial charge on any atom is 0.334 e. The Morgan fingerprint density at radius 1 is 1.21 bits per heavy atom. The number of thiophene rings is 1. The van der Waals surface area contributed by atoms with E-state index >= 15 is 0 Å². The van der Waals surface area contributed by atoms with Crippen molar-refractivity contribution in [2.75, 3.05) is 17.7 Å². The SMILES string of the molecule is CNc1cc2ccn(-c3cnc(NC(=O)NS(=O)(=O)c4ccc(Cl)s4)c(C)c3)c(=O)c2cc1F. The molecule has 0 unspecified atom stereocenters. The summed E-state index contributed by atoms with van der Waals surface area (Å²) in [7, 11) is -2.51. The average Bonchev–Trinajstić information content (AvgIpc) is 3.22. The highest BCUT2D eigenvalue weighted by atomic mass is 35.5. The van der Waals surface area contributed by atoms with Crippen molar-refractivity contribution in [2.45, 2.75) is 11.1 Å². The van der Waals surface area contributed by atoms with E-state index in [9.17, 15) is 22.4 Å². The second-order valence-electron chi connectivity index (χ2n) is 7.14. The van der Waals surface area contributed by atoms with Gasteiger partial charge in [-0.15, -0.1) is 11.3 Å². The first-order valence-electron chi connectivity index (χ1n) is 9.68. The molecular formula is C21H17ClFN5O4S2. The zero-order valence-electron chi connectivity index (χ0n) is 17.7. The minimum absolute atomic E-state index is 0.0965. The van der Waals surface area contributed by atoms with Crippen LogP contribution in [-0.4, -0.2) is 31.0 Å². The van der Waals surface area contributed by atoms with Gasteiger partial charge in [0.25, 0.3) is 15.6 Å². The lowest BCUT2D eigenvalue weighted by atomic mass is 10.1. The van der Waals surface area contributed by atoms with Crippen LogP contribution in [0.4, 0.5) is 20.7 Å². The number of fused-ring (bicyclic) bond motifs is 1. The summed E-state index contributed by atoms with van der Waals surface area (Å²) in [6, 6.07) is 7.66. The Morgan fingerprint density at radius 3 is 2.62 bits per heavy atom. The van der Waals surface area contributed by atoms with E-state index in [0.29, 0.717) is 16.6 Å². The topological polar surface area (TPSA) is 122 Å². The Morgan fingerprint density at radius 2 is 1.97 bits per heavy atom. The summed E-state index contributed by atoms with van der Waals surface area (Å²) in [6.45, 7) is 1.63. The zero-order valence-corrected chi connectivity index (χ0v) is 20.1. The van der Waals surface area contributed by atoms with Gasteiger partial charge in [-0.3, -0.25) is 14.7 Å². The minimum Gasteiger partial charge on any atom is -0.386 e. The molecule has 3 heterocycles. The third-order valence-electron chi connectivity index (χ3n) is 4.88. The van der Waals surface area contributed by atoms with Gasteiger partial charge in [0.05, 0.1) is 27.3 Å². The molecule has 0 atom stereocenters. The van der Waals surface area contributed by atoms with Crippen molar-refractivity contribution in [1.29, 1.82) is 0 Å². The second-order valence-corrected chi connectivity index (χ2v) is 10.8. The highest BCUT2D eigenvalue weighted by molar-refractivity contribution is 7.92. The van der Waals surface area contributed by atoms with Crippen molar-refractivity contribution >= 4 is 61.3 Å². The van der Waals surface area contributed by atoms with Crippen LogP contribution in [-0.2, 0) is 10.0 Å². The Labute approximate surface area is 202 Å². The van der Waals surface area contributed by atoms with Gasteiger partial charge in [0.2, 0.25) is 0 Å². The van der Waals surface area contributed by atoms with E-state index in [-0.39, 0.29) is 25.4 Å². The molecule has 13 heteroatoms. The molecule has 2 amide bonds. The van der Waals surface area contributed by atoms with E-state index in [1.54, 1.807) is 32.2 Å². The molecule has 4 rings (SSSR count). The number of carbonyl (C=O) groups excluding carboxylic acids is 1. The Bertz CT molecular complexity index is 1600. The third kappa shape index (κ3) is 4.60. The van der Waals surface area contributed by atoms with Gasteiger partial charge < -0.3 is 5.32 Å². The number of amides is 2. The highest BCUT2D eigenvalue weighted by Gasteiger charge is 2.20. The van der Waals surface area contributed by atoms with Gasteiger partial charge in [0.15, 0.2) is 0 Å². The van der Waals surface area contributed by atoms with E-state index in [0.717, 1.165) is 11.3 Å². The molecular weight excluding hydrogens is 505 g/mol. The van der Waals surface area contributed by atoms with Gasteiger partial charge in [0, 0.05) is 13.2 Å². The summed E-state index contributed by atoms with van der Waals surface area (Å²) in [4.78, 5) is 29.3. The highest BCUT2D eigenvalue weighted by Crippen LogP contribution is 2.25. The molecule has 0 aliphatic heterocycles. The molecule has 0 aliphatic rings. The molecule has 1 aromatic carbocycles. The lowest BCUT2D eigenvalue weighted by Crippen LogP contribution is -2.34. The Balaban J connectivity index is 1.59. The Kier molecular flexibility index (Phi) is 6.30. The summed E-state index contributed by atoms with van der Waals surface area (Å²) in [5, 5.41) is 5.86. The van der Waals surface area contributed by atoms with Crippen LogP contribution in [0.2, 0.25) is 4.34 Å². The fourth-order valence-electron chi connectivity index (χ4n) is 3.23. The third-order valence-corrected chi connectivity index (χ3v) is 7.93. The van der Waals surface area contributed by atoms with E-state index < -0.39 is 27.4 Å². The number of aryl methyl sites for hydroxylation is 1. The van der Waals surface area contributed by atoms with Crippen LogP contribution in [0.25, 0.3) is 16.5 Å². The molecule has 176 valence electrons. The maximum absolute atomic E-state index is 14.2. The molecule has 0 bridgehead atoms. The number of hydrogen-bond acceptors (Lipinski definition) is 7. The number of urea groups is 1. The normalized spacial score (nSPS) is 11.4. The van der Waals surface area contributed by atoms with Gasteiger partial charge in [-0.25, -0.2) is 27.3 Å². The molecule has 0 aliphatic carbocycles. The summed E-state index contributed by atoms with van der Waals surface area (Å²) < 4.78 is 42.1. The van der Waals surface area contributed by atoms with Gasteiger partial charge in [-0.05, 0) is 54.3 Å². The molecule has 3 N–H and O–H groups in total. The molecule has 0 spiro atoms. The quantitative estimate of drug-likeness (QED) is 0.363. The van der Waals surface area contributed by atoms with Crippen molar-refractivity contribution in [3.63, 3.8) is 0 Å². The monoisotopic (exact) mass is 521 g/mol. The second kappa shape index (κ2) is 9.05.